The van der Waals surface area contributed by atoms with Crippen LogP contribution in [0, 0.1) is 0 Å². The Labute approximate surface area is 211 Å². The van der Waals surface area contributed by atoms with Crippen LogP contribution in [0.15, 0.2) is 69.0 Å². The molecule has 0 aliphatic rings. The molecule has 10 nitrogen and oxygen atoms in total. The number of para-hydroxylation sites is 2. The van der Waals surface area contributed by atoms with Crippen molar-refractivity contribution in [2.24, 2.45) is 31.9 Å². The van der Waals surface area contributed by atoms with Crippen molar-refractivity contribution in [2.75, 3.05) is 0 Å². The molecule has 4 aromatic rings. The van der Waals surface area contributed by atoms with E-state index >= 15 is 0 Å². The average molecular weight is 683 g/mol. The normalized spacial score (nSPS) is 10.7. The molecule has 0 atom stereocenters. The zero-order valence-corrected chi connectivity index (χ0v) is 21.9. The molecule has 0 saturated carbocycles. The quantitative estimate of drug-likeness (QED) is 0.143. The van der Waals surface area contributed by atoms with Gasteiger partial charge in [-0.2, -0.15) is 0 Å². The molecule has 0 aliphatic heterocycles. The number of nitrogens with zero attached hydrogens (tertiary/aromatic N) is 4. The number of H-pyrrole nitrogens is 2. The number of aromatic nitrogens is 2. The maximum absolute atomic E-state index is 11.5. The van der Waals surface area contributed by atoms with E-state index in [0.29, 0.717) is 10.8 Å². The first-order chi connectivity index (χ1) is 15.4. The number of hydrogen-bond acceptors (Lipinski definition) is 6. The van der Waals surface area contributed by atoms with Crippen LogP contribution in [0.3, 0.4) is 0 Å². The van der Waals surface area contributed by atoms with Gasteiger partial charge >= 0.3 is 32.0 Å². The van der Waals surface area contributed by atoms with E-state index in [0.717, 1.165) is 34.6 Å². The molecule has 2 radical (unpaired) electrons. The van der Waals surface area contributed by atoms with E-state index in [4.69, 9.17) is 20.0 Å². The van der Waals surface area contributed by atoms with E-state index in [9.17, 15) is 10.2 Å². The molecule has 0 bridgehead atoms. The number of aromatic amines is 2. The second kappa shape index (κ2) is 12.3. The molecule has 4 rings (SSSR count). The molecule has 2 heterocycles. The van der Waals surface area contributed by atoms with Crippen molar-refractivity contribution >= 4 is 99.9 Å². The van der Waals surface area contributed by atoms with Crippen molar-refractivity contribution in [2.45, 2.75) is 0 Å². The molecule has 162 valence electrons. The van der Waals surface area contributed by atoms with Crippen LogP contribution >= 0.6 is 32.9 Å². The summed E-state index contributed by atoms with van der Waals surface area (Å²) in [7, 11) is 4.75. The molecule has 6 N–H and O–H groups in total. The van der Waals surface area contributed by atoms with E-state index in [1.807, 2.05) is 24.3 Å². The van der Waals surface area contributed by atoms with Crippen molar-refractivity contribution in [1.29, 1.82) is 0 Å². The number of nitrogens with one attached hydrogen (secondary N) is 2. The first-order valence-corrected chi connectivity index (χ1v) is 13.6. The van der Waals surface area contributed by atoms with Gasteiger partial charge in [-0.15, -0.1) is 20.5 Å². The predicted octanol–water partition coefficient (Wildman–Crippen LogP) is 3.45. The van der Waals surface area contributed by atoms with Crippen molar-refractivity contribution in [3.05, 3.63) is 48.5 Å². The van der Waals surface area contributed by atoms with E-state index in [-0.39, 0.29) is 33.4 Å². The molecule has 0 amide bonds. The first-order valence-electron chi connectivity index (χ1n) is 8.51. The molecule has 2 aromatic heterocycles. The summed E-state index contributed by atoms with van der Waals surface area (Å²) in [6.07, 6.45) is 0. The number of fused-ring (bicyclic) bond motifs is 2. The molecule has 2 aromatic carbocycles. The minimum absolute atomic E-state index is 0.0975. The summed E-state index contributed by atoms with van der Waals surface area (Å²) in [6, 6.07) is 14.4. The fraction of sp³-hybridized carbons (Fsp3) is 0. The van der Waals surface area contributed by atoms with Gasteiger partial charge in [0.15, 0.2) is 0 Å². The van der Waals surface area contributed by atoms with Crippen molar-refractivity contribution < 1.29 is 10.2 Å². The Hall–Kier alpha value is -2.73. The summed E-state index contributed by atoms with van der Waals surface area (Å²) < 4.78 is 0. The van der Waals surface area contributed by atoms with E-state index in [1.165, 1.54) is 0 Å². The average Bonchev–Trinajstić information content (AvgIpc) is 3.27. The molecular formula is C18H14BiClN8O2S2. The molecule has 0 spiro atoms. The number of halogens is 1. The zero-order valence-electron chi connectivity index (χ0n) is 16.0. The van der Waals surface area contributed by atoms with Crippen LogP contribution in [-0.4, -0.2) is 43.7 Å². The Balaban J connectivity index is 0.000000211. The van der Waals surface area contributed by atoms with Crippen LogP contribution in [0.4, 0.5) is 11.4 Å². The maximum atomic E-state index is 11.5. The third-order valence-electron chi connectivity index (χ3n) is 3.79. The van der Waals surface area contributed by atoms with Crippen LogP contribution < -0.4 is 21.7 Å². The number of azo groups is 2. The van der Waals surface area contributed by atoms with Crippen molar-refractivity contribution in [3.8, 4) is 11.8 Å². The fourth-order valence-corrected chi connectivity index (χ4v) is 2.68. The molecule has 0 aliphatic carbocycles. The molecule has 0 fully saturated rings. The van der Waals surface area contributed by atoms with Gasteiger partial charge in [-0.1, -0.05) is 36.4 Å². The summed E-state index contributed by atoms with van der Waals surface area (Å²) in [5, 5.41) is 38.5. The van der Waals surface area contributed by atoms with Crippen LogP contribution in [-0.2, 0) is 0 Å². The van der Waals surface area contributed by atoms with Crippen molar-refractivity contribution in [3.63, 3.8) is 0 Å². The Kier molecular flexibility index (Phi) is 9.85. The number of benzene rings is 2. The van der Waals surface area contributed by atoms with Crippen LogP contribution in [0.1, 0.15) is 0 Å². The summed E-state index contributed by atoms with van der Waals surface area (Å²) in [5.74, 6) is -0.590. The topological polar surface area (TPSA) is 179 Å². The predicted molar refractivity (Wildman–Crippen MR) is 130 cm³/mol. The Morgan fingerprint density at radius 2 is 1.09 bits per heavy atom. The van der Waals surface area contributed by atoms with Crippen LogP contribution in [0.25, 0.3) is 21.8 Å². The SMILES string of the molecule is NC(=S)N=Nc1c([O-])[nH]c2ccccc12.NC(=S)N=Nc1c([O-])[nH]c2ccccc12.[Cl][Bi+2]. The molecule has 0 saturated heterocycles. The van der Waals surface area contributed by atoms with Crippen molar-refractivity contribution in [1.82, 2.24) is 9.97 Å². The summed E-state index contributed by atoms with van der Waals surface area (Å²) in [6.45, 7) is 0. The van der Waals surface area contributed by atoms with Crippen LogP contribution in [0.2, 0.25) is 0 Å². The Morgan fingerprint density at radius 3 is 1.44 bits per heavy atom. The second-order valence-corrected chi connectivity index (χ2v) is 6.61. The number of hydrogen-bond donors (Lipinski definition) is 4. The molecular weight excluding hydrogens is 669 g/mol. The van der Waals surface area contributed by atoms with Gasteiger partial charge < -0.3 is 31.6 Å². The summed E-state index contributed by atoms with van der Waals surface area (Å²) in [5.41, 5.74) is 12.2. The standard InChI is InChI=1S/2C9H8N4OS.Bi.ClH/c2*10-9(15)13-12-7-5-3-1-2-4-6(5)11-8(7)14;;/h2*1-4,11,14H,(H2,10,15);;1H/q;;+3;/p-3. The second-order valence-electron chi connectivity index (χ2n) is 5.77. The van der Waals surface area contributed by atoms with Gasteiger partial charge in [0, 0.05) is 21.8 Å². The van der Waals surface area contributed by atoms with E-state index < -0.39 is 0 Å². The number of rotatable bonds is 2. The number of nitrogens with two attached hydrogens (primary N) is 2. The first kappa shape index (κ1) is 25.5. The molecule has 0 unspecified atom stereocenters. The Morgan fingerprint density at radius 1 is 0.750 bits per heavy atom. The van der Waals surface area contributed by atoms with Gasteiger partial charge in [-0.25, -0.2) is 0 Å². The molecule has 32 heavy (non-hydrogen) atoms. The fourth-order valence-electron chi connectivity index (χ4n) is 2.60. The number of thiocarbonyl (C=S) groups is 2. The minimum atomic E-state index is -0.295. The van der Waals surface area contributed by atoms with E-state index in [2.05, 4.69) is 54.9 Å². The molecule has 14 heteroatoms. The summed E-state index contributed by atoms with van der Waals surface area (Å²) in [4.78, 5) is 5.31. The van der Waals surface area contributed by atoms with Crippen LogP contribution in [0.5, 0.6) is 11.8 Å². The Bertz CT molecular complexity index is 1200. The van der Waals surface area contributed by atoms with Gasteiger partial charge in [-0.3, -0.25) is 0 Å². The summed E-state index contributed by atoms with van der Waals surface area (Å²) >= 11 is 10.00. The van der Waals surface area contributed by atoms with Gasteiger partial charge in [0.25, 0.3) is 0 Å². The van der Waals surface area contributed by atoms with Gasteiger partial charge in [-0.05, 0) is 48.3 Å². The van der Waals surface area contributed by atoms with Gasteiger partial charge in [0.1, 0.15) is 11.4 Å². The van der Waals surface area contributed by atoms with E-state index in [1.54, 1.807) is 24.3 Å². The third-order valence-corrected chi connectivity index (χ3v) is 3.95. The zero-order chi connectivity index (χ0) is 23.7. The third kappa shape index (κ3) is 6.63. The van der Waals surface area contributed by atoms with Gasteiger partial charge in [0.05, 0.1) is 0 Å². The monoisotopic (exact) mass is 682 g/mol. The van der Waals surface area contributed by atoms with Gasteiger partial charge in [0.2, 0.25) is 10.2 Å².